The first-order valence-electron chi connectivity index (χ1n) is 5.98. The Morgan fingerprint density at radius 2 is 2.08 bits per heavy atom. The summed E-state index contributed by atoms with van der Waals surface area (Å²) < 4.78 is 0. The summed E-state index contributed by atoms with van der Waals surface area (Å²) in [5.41, 5.74) is 0. The van der Waals surface area contributed by atoms with Crippen LogP contribution in [0.25, 0.3) is 0 Å². The molecule has 1 heteroatoms. The van der Waals surface area contributed by atoms with E-state index in [4.69, 9.17) is 0 Å². The molecule has 0 aromatic carbocycles. The van der Waals surface area contributed by atoms with Crippen molar-refractivity contribution in [1.29, 1.82) is 0 Å². The van der Waals surface area contributed by atoms with Gasteiger partial charge in [0.05, 0.1) is 0 Å². The summed E-state index contributed by atoms with van der Waals surface area (Å²) in [6.45, 7) is 6.81. The molecule has 2 unspecified atom stereocenters. The van der Waals surface area contributed by atoms with Crippen molar-refractivity contribution in [3.8, 4) is 0 Å². The van der Waals surface area contributed by atoms with Crippen LogP contribution < -0.4 is 5.32 Å². The number of hydrogen-bond acceptors (Lipinski definition) is 1. The largest absolute Gasteiger partial charge is 0.312 e. The lowest BCUT2D eigenvalue weighted by molar-refractivity contribution is 0.262. The lowest BCUT2D eigenvalue weighted by Crippen LogP contribution is -2.38. The maximum Gasteiger partial charge on any atom is 0.00720 e. The molecule has 0 saturated heterocycles. The Kier molecular flexibility index (Phi) is 4.79. The third-order valence-corrected chi connectivity index (χ3v) is 3.05. The maximum atomic E-state index is 3.67. The molecule has 1 rings (SSSR count). The summed E-state index contributed by atoms with van der Waals surface area (Å²) in [6, 6.07) is 1.47. The Morgan fingerprint density at radius 3 is 2.69 bits per heavy atom. The van der Waals surface area contributed by atoms with Crippen LogP contribution in [0.15, 0.2) is 0 Å². The molecule has 13 heavy (non-hydrogen) atoms. The predicted molar refractivity (Wildman–Crippen MR) is 58.9 cm³/mol. The van der Waals surface area contributed by atoms with E-state index in [-0.39, 0.29) is 0 Å². The topological polar surface area (TPSA) is 12.0 Å². The molecular formula is C12H25N. The van der Waals surface area contributed by atoms with Gasteiger partial charge in [-0.05, 0) is 18.8 Å². The molecule has 1 aliphatic carbocycles. The van der Waals surface area contributed by atoms with Crippen LogP contribution >= 0.6 is 0 Å². The van der Waals surface area contributed by atoms with E-state index in [1.54, 1.807) is 0 Å². The molecule has 0 heterocycles. The Morgan fingerprint density at radius 1 is 1.31 bits per heavy atom. The Balaban J connectivity index is 2.24. The first kappa shape index (κ1) is 11.0. The Labute approximate surface area is 83.3 Å². The first-order valence-corrected chi connectivity index (χ1v) is 5.98. The fraction of sp³-hybridized carbons (Fsp3) is 1.00. The minimum absolute atomic E-state index is 0.658. The molecular weight excluding hydrogens is 158 g/mol. The highest BCUT2D eigenvalue weighted by Gasteiger charge is 2.21. The summed E-state index contributed by atoms with van der Waals surface area (Å²) in [5, 5.41) is 3.67. The quantitative estimate of drug-likeness (QED) is 0.705. The highest BCUT2D eigenvalue weighted by atomic mass is 14.9. The summed E-state index contributed by atoms with van der Waals surface area (Å²) in [4.78, 5) is 0. The molecule has 1 N–H and O–H groups in total. The van der Waals surface area contributed by atoms with Crippen molar-refractivity contribution in [3.05, 3.63) is 0 Å². The van der Waals surface area contributed by atoms with E-state index in [2.05, 4.69) is 26.1 Å². The molecule has 0 aromatic heterocycles. The molecule has 0 aliphatic heterocycles. The van der Waals surface area contributed by atoms with Crippen LogP contribution in [0, 0.1) is 5.92 Å². The van der Waals surface area contributed by atoms with Crippen LogP contribution in [-0.2, 0) is 0 Å². The zero-order valence-electron chi connectivity index (χ0n) is 9.47. The minimum Gasteiger partial charge on any atom is -0.312 e. The van der Waals surface area contributed by atoms with Gasteiger partial charge in [-0.3, -0.25) is 0 Å². The van der Waals surface area contributed by atoms with Crippen molar-refractivity contribution < 1.29 is 0 Å². The van der Waals surface area contributed by atoms with Crippen LogP contribution in [0.2, 0.25) is 0 Å². The normalized spacial score (nSPS) is 29.5. The van der Waals surface area contributed by atoms with E-state index in [1.165, 1.54) is 38.5 Å². The average Bonchev–Trinajstić information content (AvgIpc) is 2.04. The van der Waals surface area contributed by atoms with Gasteiger partial charge in [-0.15, -0.1) is 0 Å². The Hall–Kier alpha value is -0.0400. The van der Waals surface area contributed by atoms with Crippen LogP contribution in [0.4, 0.5) is 0 Å². The summed E-state index contributed by atoms with van der Waals surface area (Å²) in [5.74, 6) is 1.01. The maximum absolute atomic E-state index is 3.67. The van der Waals surface area contributed by atoms with Crippen LogP contribution in [0.3, 0.4) is 0 Å². The lowest BCUT2D eigenvalue weighted by atomic mass is 9.83. The highest BCUT2D eigenvalue weighted by Crippen LogP contribution is 2.27. The number of hydrogen-bond donors (Lipinski definition) is 1. The third kappa shape index (κ3) is 4.12. The van der Waals surface area contributed by atoms with Gasteiger partial charge in [0.1, 0.15) is 0 Å². The van der Waals surface area contributed by atoms with Gasteiger partial charge >= 0.3 is 0 Å². The zero-order valence-corrected chi connectivity index (χ0v) is 9.47. The molecule has 0 bridgehead atoms. The van der Waals surface area contributed by atoms with Crippen molar-refractivity contribution in [2.75, 3.05) is 0 Å². The molecule has 0 radical (unpaired) electrons. The molecule has 1 fully saturated rings. The summed E-state index contributed by atoms with van der Waals surface area (Å²) in [6.07, 6.45) is 8.54. The van der Waals surface area contributed by atoms with Gasteiger partial charge in [0.15, 0.2) is 0 Å². The van der Waals surface area contributed by atoms with Gasteiger partial charge in [-0.25, -0.2) is 0 Å². The predicted octanol–water partition coefficient (Wildman–Crippen LogP) is 3.34. The SMILES string of the molecule is CCCC1CCCC(NC(C)C)C1. The summed E-state index contributed by atoms with van der Waals surface area (Å²) >= 11 is 0. The molecule has 1 saturated carbocycles. The van der Waals surface area contributed by atoms with Crippen LogP contribution in [0.5, 0.6) is 0 Å². The number of rotatable bonds is 4. The van der Waals surface area contributed by atoms with Crippen molar-refractivity contribution in [1.82, 2.24) is 5.32 Å². The van der Waals surface area contributed by atoms with Gasteiger partial charge in [-0.2, -0.15) is 0 Å². The molecule has 0 spiro atoms. The molecule has 1 aliphatic rings. The van der Waals surface area contributed by atoms with E-state index in [0.29, 0.717) is 6.04 Å². The van der Waals surface area contributed by atoms with Crippen LogP contribution in [-0.4, -0.2) is 12.1 Å². The molecule has 0 aromatic rings. The minimum atomic E-state index is 0.658. The average molecular weight is 183 g/mol. The van der Waals surface area contributed by atoms with Gasteiger partial charge in [0, 0.05) is 12.1 Å². The van der Waals surface area contributed by atoms with Crippen molar-refractivity contribution in [2.24, 2.45) is 5.92 Å². The molecule has 2 atom stereocenters. The fourth-order valence-electron chi connectivity index (χ4n) is 2.58. The van der Waals surface area contributed by atoms with Gasteiger partial charge in [0.25, 0.3) is 0 Å². The smallest absolute Gasteiger partial charge is 0.00720 e. The molecule has 1 nitrogen and oxygen atoms in total. The van der Waals surface area contributed by atoms with E-state index >= 15 is 0 Å². The fourth-order valence-corrected chi connectivity index (χ4v) is 2.58. The van der Waals surface area contributed by atoms with E-state index in [0.717, 1.165) is 12.0 Å². The second-order valence-corrected chi connectivity index (χ2v) is 4.84. The first-order chi connectivity index (χ1) is 6.22. The highest BCUT2D eigenvalue weighted by molar-refractivity contribution is 4.78. The number of nitrogens with one attached hydrogen (secondary N) is 1. The lowest BCUT2D eigenvalue weighted by Gasteiger charge is -2.31. The van der Waals surface area contributed by atoms with Gasteiger partial charge < -0.3 is 5.32 Å². The van der Waals surface area contributed by atoms with Gasteiger partial charge in [-0.1, -0.05) is 46.5 Å². The second kappa shape index (κ2) is 5.64. The van der Waals surface area contributed by atoms with Crippen molar-refractivity contribution in [3.63, 3.8) is 0 Å². The van der Waals surface area contributed by atoms with E-state index < -0.39 is 0 Å². The second-order valence-electron chi connectivity index (χ2n) is 4.84. The van der Waals surface area contributed by atoms with Crippen LogP contribution in [0.1, 0.15) is 59.3 Å². The Bertz CT molecular complexity index is 129. The van der Waals surface area contributed by atoms with Crippen molar-refractivity contribution in [2.45, 2.75) is 71.4 Å². The molecule has 0 amide bonds. The standard InChI is InChI=1S/C12H25N/c1-4-6-11-7-5-8-12(9-11)13-10(2)3/h10-13H,4-9H2,1-3H3. The monoisotopic (exact) mass is 183 g/mol. The summed E-state index contributed by atoms with van der Waals surface area (Å²) in [7, 11) is 0. The molecule has 78 valence electrons. The van der Waals surface area contributed by atoms with E-state index in [9.17, 15) is 0 Å². The third-order valence-electron chi connectivity index (χ3n) is 3.05. The zero-order chi connectivity index (χ0) is 9.68. The van der Waals surface area contributed by atoms with Crippen molar-refractivity contribution >= 4 is 0 Å². The van der Waals surface area contributed by atoms with E-state index in [1.807, 2.05) is 0 Å². The van der Waals surface area contributed by atoms with Gasteiger partial charge in [0.2, 0.25) is 0 Å².